The number of hydrogen-bond donors (Lipinski definition) is 6. The highest BCUT2D eigenvalue weighted by molar-refractivity contribution is 6.35. The van der Waals surface area contributed by atoms with Gasteiger partial charge in [0, 0.05) is 39.1 Å². The topological polar surface area (TPSA) is 206 Å². The number of Topliss-reactive ketones (excluding diaryl/α,β-unsaturated/α-hetero) is 1. The van der Waals surface area contributed by atoms with Crippen LogP contribution in [-0.4, -0.2) is 62.4 Å². The SMILES string of the molecule is C=CN.CC.CC(CCc1ccccc1)NC(=O)CCc1ccccc1.CC1CC1N.CCNC(=O)C(C)=O.CN.COC(C)CC(N)=O. The molecule has 10 N–H and O–H groups in total. The highest BCUT2D eigenvalue weighted by Gasteiger charge is 2.27. The van der Waals surface area contributed by atoms with Crippen LogP contribution in [0.4, 0.5) is 0 Å². The molecule has 1 saturated carbocycles. The van der Waals surface area contributed by atoms with Crippen LogP contribution in [-0.2, 0) is 36.8 Å². The molecular formula is C38H68N6O5. The molecule has 0 radical (unpaired) electrons. The second-order valence-electron chi connectivity index (χ2n) is 10.7. The summed E-state index contributed by atoms with van der Waals surface area (Å²) in [4.78, 5) is 42.4. The number of likely N-dealkylation sites (N-methyl/N-ethyl adjacent to an activating group) is 1. The fraction of sp³-hybridized carbons (Fsp3) is 0.526. The normalized spacial score (nSPS) is 14.1. The maximum atomic E-state index is 11.9. The molecule has 11 nitrogen and oxygen atoms in total. The van der Waals surface area contributed by atoms with Crippen LogP contribution in [0.1, 0.15) is 85.3 Å². The number of ketones is 1. The maximum absolute atomic E-state index is 11.9. The molecule has 1 aliphatic rings. The van der Waals surface area contributed by atoms with Crippen molar-refractivity contribution in [1.29, 1.82) is 0 Å². The Kier molecular flexibility index (Phi) is 38.8. The van der Waals surface area contributed by atoms with E-state index in [9.17, 15) is 19.2 Å². The number of rotatable bonds is 12. The zero-order chi connectivity index (χ0) is 38.6. The van der Waals surface area contributed by atoms with Crippen molar-refractivity contribution in [3.63, 3.8) is 0 Å². The number of benzene rings is 2. The number of primary amides is 1. The Hall–Kier alpha value is -4.06. The Morgan fingerprint density at radius 2 is 1.37 bits per heavy atom. The number of amides is 3. The molecule has 4 atom stereocenters. The second kappa shape index (κ2) is 36.8. The van der Waals surface area contributed by atoms with E-state index in [2.05, 4.69) is 78.9 Å². The Bertz CT molecular complexity index is 1080. The average molecular weight is 689 g/mol. The summed E-state index contributed by atoms with van der Waals surface area (Å²) >= 11 is 0. The Balaban J connectivity index is -0.000000299. The highest BCUT2D eigenvalue weighted by Crippen LogP contribution is 2.25. The van der Waals surface area contributed by atoms with E-state index in [4.69, 9.17) is 16.2 Å². The molecule has 0 saturated heterocycles. The highest BCUT2D eigenvalue weighted by atomic mass is 16.5. The number of carbonyl (C=O) groups is 4. The van der Waals surface area contributed by atoms with Gasteiger partial charge in [0.1, 0.15) is 0 Å². The van der Waals surface area contributed by atoms with Gasteiger partial charge < -0.3 is 38.3 Å². The number of aryl methyl sites for hydroxylation is 2. The minimum absolute atomic E-state index is 0.0486. The number of nitrogens with one attached hydrogen (secondary N) is 2. The van der Waals surface area contributed by atoms with Gasteiger partial charge >= 0.3 is 0 Å². The lowest BCUT2D eigenvalue weighted by atomic mass is 10.1. The minimum atomic E-state index is -0.507. The number of nitrogens with two attached hydrogens (primary N) is 4. The molecule has 1 fully saturated rings. The molecule has 2 aromatic rings. The summed E-state index contributed by atoms with van der Waals surface area (Å²) in [5.74, 6) is -0.298. The molecule has 0 aromatic heterocycles. The van der Waals surface area contributed by atoms with Crippen LogP contribution in [0.25, 0.3) is 0 Å². The quantitative estimate of drug-likeness (QED) is 0.176. The lowest BCUT2D eigenvalue weighted by molar-refractivity contribution is -0.136. The van der Waals surface area contributed by atoms with Gasteiger partial charge in [-0.3, -0.25) is 19.2 Å². The summed E-state index contributed by atoms with van der Waals surface area (Å²) in [6.07, 6.45) is 6.09. The van der Waals surface area contributed by atoms with Crippen LogP contribution in [0.5, 0.6) is 0 Å². The van der Waals surface area contributed by atoms with Crippen LogP contribution in [0, 0.1) is 5.92 Å². The fourth-order valence-corrected chi connectivity index (χ4v) is 3.35. The Morgan fingerprint density at radius 3 is 1.65 bits per heavy atom. The molecule has 0 aliphatic heterocycles. The predicted molar refractivity (Wildman–Crippen MR) is 204 cm³/mol. The first-order chi connectivity index (χ1) is 23.3. The van der Waals surface area contributed by atoms with Gasteiger partial charge in [-0.1, -0.05) is 88.0 Å². The van der Waals surface area contributed by atoms with E-state index in [-0.39, 0.29) is 24.0 Å². The molecule has 0 heterocycles. The van der Waals surface area contributed by atoms with Gasteiger partial charge in [-0.15, -0.1) is 0 Å². The van der Waals surface area contributed by atoms with Crippen molar-refractivity contribution in [1.82, 2.24) is 10.6 Å². The molecule has 2 aromatic carbocycles. The van der Waals surface area contributed by atoms with Crippen molar-refractivity contribution < 1.29 is 23.9 Å². The van der Waals surface area contributed by atoms with Crippen LogP contribution in [0.2, 0.25) is 0 Å². The minimum Gasteiger partial charge on any atom is -0.405 e. The number of carbonyl (C=O) groups excluding carboxylic acids is 4. The van der Waals surface area contributed by atoms with E-state index in [0.29, 0.717) is 25.4 Å². The van der Waals surface area contributed by atoms with Gasteiger partial charge in [0.2, 0.25) is 17.6 Å². The maximum Gasteiger partial charge on any atom is 0.287 e. The summed E-state index contributed by atoms with van der Waals surface area (Å²) in [7, 11) is 3.05. The molecular weight excluding hydrogens is 620 g/mol. The van der Waals surface area contributed by atoms with Gasteiger partial charge in [0.05, 0.1) is 12.5 Å². The molecule has 4 unspecified atom stereocenters. The molecule has 1 aliphatic carbocycles. The lowest BCUT2D eigenvalue weighted by Crippen LogP contribution is -2.33. The van der Waals surface area contributed by atoms with Gasteiger partial charge in [-0.2, -0.15) is 0 Å². The Labute approximate surface area is 297 Å². The van der Waals surface area contributed by atoms with Crippen LogP contribution in [0.3, 0.4) is 0 Å². The van der Waals surface area contributed by atoms with E-state index in [1.54, 1.807) is 21.0 Å². The summed E-state index contributed by atoms with van der Waals surface area (Å²) < 4.78 is 4.76. The van der Waals surface area contributed by atoms with Crippen LogP contribution in [0.15, 0.2) is 73.4 Å². The van der Waals surface area contributed by atoms with E-state index < -0.39 is 11.7 Å². The van der Waals surface area contributed by atoms with Gasteiger partial charge in [-0.05, 0) is 76.7 Å². The molecule has 11 heteroatoms. The third-order valence-corrected chi connectivity index (χ3v) is 6.32. The van der Waals surface area contributed by atoms with Crippen molar-refractivity contribution in [2.45, 2.75) is 105 Å². The van der Waals surface area contributed by atoms with Crippen LogP contribution < -0.4 is 33.6 Å². The van der Waals surface area contributed by atoms with Crippen molar-refractivity contribution >= 4 is 23.5 Å². The van der Waals surface area contributed by atoms with Crippen molar-refractivity contribution in [2.75, 3.05) is 20.7 Å². The van der Waals surface area contributed by atoms with E-state index in [0.717, 1.165) is 25.2 Å². The van der Waals surface area contributed by atoms with Gasteiger partial charge in [0.15, 0.2) is 0 Å². The molecule has 0 bridgehead atoms. The smallest absolute Gasteiger partial charge is 0.287 e. The zero-order valence-electron chi connectivity index (χ0n) is 31.7. The van der Waals surface area contributed by atoms with Crippen molar-refractivity contribution in [2.24, 2.45) is 28.9 Å². The second-order valence-corrected chi connectivity index (χ2v) is 10.7. The predicted octanol–water partition coefficient (Wildman–Crippen LogP) is 4.41. The zero-order valence-corrected chi connectivity index (χ0v) is 31.7. The summed E-state index contributed by atoms with van der Waals surface area (Å²) in [6, 6.07) is 21.3. The van der Waals surface area contributed by atoms with E-state index in [1.807, 2.05) is 38.1 Å². The third kappa shape index (κ3) is 38.3. The first-order valence-corrected chi connectivity index (χ1v) is 16.9. The summed E-state index contributed by atoms with van der Waals surface area (Å²) in [5, 5.41) is 5.44. The van der Waals surface area contributed by atoms with Crippen molar-refractivity contribution in [3.05, 3.63) is 84.6 Å². The average Bonchev–Trinajstić information content (AvgIpc) is 3.77. The first-order valence-electron chi connectivity index (χ1n) is 16.9. The fourth-order valence-electron chi connectivity index (χ4n) is 3.35. The first kappa shape index (κ1) is 51.8. The molecule has 3 amide bonds. The Morgan fingerprint density at radius 1 is 0.959 bits per heavy atom. The third-order valence-electron chi connectivity index (χ3n) is 6.32. The summed E-state index contributed by atoms with van der Waals surface area (Å²) in [5.41, 5.74) is 21.9. The molecule has 49 heavy (non-hydrogen) atoms. The molecule has 3 rings (SSSR count). The van der Waals surface area contributed by atoms with Gasteiger partial charge in [0.25, 0.3) is 5.91 Å². The number of ether oxygens (including phenoxy) is 1. The van der Waals surface area contributed by atoms with E-state index >= 15 is 0 Å². The lowest BCUT2D eigenvalue weighted by Gasteiger charge is -2.14. The number of hydrogen-bond acceptors (Lipinski definition) is 8. The van der Waals surface area contributed by atoms with Crippen LogP contribution >= 0.6 is 0 Å². The number of methoxy groups -OCH3 is 1. The molecule has 0 spiro atoms. The molecule has 280 valence electrons. The largest absolute Gasteiger partial charge is 0.405 e. The van der Waals surface area contributed by atoms with Gasteiger partial charge in [-0.25, -0.2) is 0 Å². The summed E-state index contributed by atoms with van der Waals surface area (Å²) in [6.45, 7) is 16.7. The monoisotopic (exact) mass is 689 g/mol. The van der Waals surface area contributed by atoms with E-state index in [1.165, 1.54) is 37.7 Å². The standard InChI is InChI=1S/C19H23NO.C5H11NO2.C5H9NO2.C4H9N.C2H5N.C2H6.CH5N/c1-16(12-13-17-8-4-2-5-9-17)20-19(21)15-14-18-10-6-3-7-11-18;1-4(8-2)3-5(6)7;1-3-6-5(8)4(2)7;1-3-2-4(3)5;1-2-3;2*1-2/h2-11,16H,12-15H2,1H3,(H,20,21);4H,3H2,1-2H3,(H2,6,7);3H2,1-2H3,(H,6,8);3-4H,2,5H2,1H3;2H,1,3H2;1-2H3;2H2,1H3. The van der Waals surface area contributed by atoms with Crippen molar-refractivity contribution in [3.8, 4) is 0 Å².